The molecule has 1 aliphatic heterocycles. The van der Waals surface area contributed by atoms with Crippen molar-refractivity contribution in [3.63, 3.8) is 0 Å². The van der Waals surface area contributed by atoms with Crippen LogP contribution >= 0.6 is 0 Å². The monoisotopic (exact) mass is 291 g/mol. The zero-order valence-electron chi connectivity index (χ0n) is 11.9. The number of nitrogens with one attached hydrogen (secondary N) is 1. The quantitative estimate of drug-likeness (QED) is 0.834. The standard InChI is InChI=1S/C14H17N3O4/c1-8-6-16(7-9(2)17(8)14(19)20)10-3-4-11-12(5-10)21-13(18)15-11/h3-5,8-9H,6-7H2,1-2H3,(H,15,18)(H,19,20). The molecule has 0 bridgehead atoms. The van der Waals surface area contributed by atoms with Gasteiger partial charge in [-0.05, 0) is 26.0 Å². The van der Waals surface area contributed by atoms with Gasteiger partial charge in [0.15, 0.2) is 5.58 Å². The summed E-state index contributed by atoms with van der Waals surface area (Å²) in [7, 11) is 0. The topological polar surface area (TPSA) is 89.8 Å². The molecule has 3 rings (SSSR count). The first kappa shape index (κ1) is 13.5. The summed E-state index contributed by atoms with van der Waals surface area (Å²) >= 11 is 0. The molecule has 0 saturated carbocycles. The van der Waals surface area contributed by atoms with E-state index in [4.69, 9.17) is 4.42 Å². The summed E-state index contributed by atoms with van der Waals surface area (Å²) in [6, 6.07) is 5.32. The molecule has 0 radical (unpaired) electrons. The molecule has 2 N–H and O–H groups in total. The molecule has 7 heteroatoms. The largest absolute Gasteiger partial charge is 0.465 e. The average Bonchev–Trinajstić information content (AvgIpc) is 2.76. The first-order valence-electron chi connectivity index (χ1n) is 6.85. The molecule has 2 atom stereocenters. The van der Waals surface area contributed by atoms with Crippen LogP contribution in [0.3, 0.4) is 0 Å². The van der Waals surface area contributed by atoms with Crippen LogP contribution in [-0.4, -0.2) is 46.3 Å². The maximum Gasteiger partial charge on any atom is 0.417 e. The van der Waals surface area contributed by atoms with Gasteiger partial charge in [-0.1, -0.05) is 0 Å². The first-order chi connectivity index (χ1) is 9.95. The number of carbonyl (C=O) groups is 1. The number of amides is 1. The van der Waals surface area contributed by atoms with Crippen molar-refractivity contribution < 1.29 is 14.3 Å². The van der Waals surface area contributed by atoms with E-state index in [9.17, 15) is 14.7 Å². The van der Waals surface area contributed by atoms with E-state index < -0.39 is 11.8 Å². The minimum Gasteiger partial charge on any atom is -0.465 e. The predicted molar refractivity (Wildman–Crippen MR) is 77.8 cm³/mol. The Morgan fingerprint density at radius 2 is 2.00 bits per heavy atom. The molecule has 2 heterocycles. The summed E-state index contributed by atoms with van der Waals surface area (Å²) in [6.07, 6.45) is -0.887. The second kappa shape index (κ2) is 4.83. The van der Waals surface area contributed by atoms with Crippen molar-refractivity contribution in [1.82, 2.24) is 9.88 Å². The lowest BCUT2D eigenvalue weighted by molar-refractivity contribution is 0.0983. The Morgan fingerprint density at radius 1 is 1.33 bits per heavy atom. The van der Waals surface area contributed by atoms with Gasteiger partial charge in [-0.25, -0.2) is 9.59 Å². The summed E-state index contributed by atoms with van der Waals surface area (Å²) in [5.74, 6) is -0.473. The number of carboxylic acid groups (broad SMARTS) is 1. The molecule has 1 amide bonds. The van der Waals surface area contributed by atoms with Gasteiger partial charge in [0.25, 0.3) is 0 Å². The van der Waals surface area contributed by atoms with Gasteiger partial charge in [0.05, 0.1) is 17.6 Å². The maximum atomic E-state index is 11.2. The minimum absolute atomic E-state index is 0.0971. The van der Waals surface area contributed by atoms with Crippen molar-refractivity contribution in [3.05, 3.63) is 28.7 Å². The zero-order chi connectivity index (χ0) is 15.1. The fraction of sp³-hybridized carbons (Fsp3) is 0.429. The lowest BCUT2D eigenvalue weighted by Crippen LogP contribution is -2.58. The molecule has 1 aromatic carbocycles. The zero-order valence-corrected chi connectivity index (χ0v) is 11.9. The molecule has 1 aromatic heterocycles. The fourth-order valence-electron chi connectivity index (χ4n) is 3.04. The van der Waals surface area contributed by atoms with Crippen molar-refractivity contribution in [1.29, 1.82) is 0 Å². The van der Waals surface area contributed by atoms with E-state index in [0.29, 0.717) is 24.2 Å². The molecule has 0 aliphatic carbocycles. The van der Waals surface area contributed by atoms with Gasteiger partial charge in [-0.15, -0.1) is 0 Å². The highest BCUT2D eigenvalue weighted by Gasteiger charge is 2.32. The maximum absolute atomic E-state index is 11.2. The Balaban J connectivity index is 1.89. The molecule has 1 aliphatic rings. The van der Waals surface area contributed by atoms with Crippen LogP contribution in [0.1, 0.15) is 13.8 Å². The van der Waals surface area contributed by atoms with Gasteiger partial charge >= 0.3 is 11.8 Å². The third-order valence-corrected chi connectivity index (χ3v) is 3.91. The average molecular weight is 291 g/mol. The van der Waals surface area contributed by atoms with E-state index in [2.05, 4.69) is 9.88 Å². The van der Waals surface area contributed by atoms with E-state index in [1.807, 2.05) is 26.0 Å². The summed E-state index contributed by atoms with van der Waals surface area (Å²) < 4.78 is 5.07. The normalized spacial score (nSPS) is 22.8. The molecule has 2 unspecified atom stereocenters. The molecule has 2 aromatic rings. The van der Waals surface area contributed by atoms with Crippen LogP contribution in [0.25, 0.3) is 11.1 Å². The van der Waals surface area contributed by atoms with E-state index in [0.717, 1.165) is 5.69 Å². The Kier molecular flexibility index (Phi) is 3.12. The smallest absolute Gasteiger partial charge is 0.417 e. The summed E-state index contributed by atoms with van der Waals surface area (Å²) in [6.45, 7) is 5.01. The highest BCUT2D eigenvalue weighted by Crippen LogP contribution is 2.25. The second-order valence-corrected chi connectivity index (χ2v) is 5.49. The molecule has 1 saturated heterocycles. The van der Waals surface area contributed by atoms with Crippen LogP contribution in [-0.2, 0) is 0 Å². The highest BCUT2D eigenvalue weighted by atomic mass is 16.4. The molecule has 1 fully saturated rings. The number of piperazine rings is 1. The Hall–Kier alpha value is -2.44. The van der Waals surface area contributed by atoms with E-state index >= 15 is 0 Å². The van der Waals surface area contributed by atoms with E-state index in [1.165, 1.54) is 4.90 Å². The molecule has 7 nitrogen and oxygen atoms in total. The number of aromatic amines is 1. The number of nitrogens with zero attached hydrogens (tertiary/aromatic N) is 2. The number of benzene rings is 1. The van der Waals surface area contributed by atoms with Gasteiger partial charge in [0, 0.05) is 24.8 Å². The number of hydrogen-bond acceptors (Lipinski definition) is 4. The Bertz CT molecular complexity index is 723. The van der Waals surface area contributed by atoms with Crippen molar-refractivity contribution >= 4 is 22.9 Å². The molecular weight excluding hydrogens is 274 g/mol. The molecule has 112 valence electrons. The SMILES string of the molecule is CC1CN(c2ccc3[nH]c(=O)oc3c2)CC(C)N1C(=O)O. The van der Waals surface area contributed by atoms with Crippen LogP contribution in [0.2, 0.25) is 0 Å². The van der Waals surface area contributed by atoms with Crippen molar-refractivity contribution in [2.75, 3.05) is 18.0 Å². The first-order valence-corrected chi connectivity index (χ1v) is 6.85. The van der Waals surface area contributed by atoms with Gasteiger partial charge in [0.1, 0.15) is 0 Å². The lowest BCUT2D eigenvalue weighted by Gasteiger charge is -2.43. The number of anilines is 1. The van der Waals surface area contributed by atoms with Crippen molar-refractivity contribution in [2.45, 2.75) is 25.9 Å². The Labute approximate surface area is 120 Å². The molecular formula is C14H17N3O4. The van der Waals surface area contributed by atoms with Crippen molar-refractivity contribution in [3.8, 4) is 0 Å². The van der Waals surface area contributed by atoms with Gasteiger partial charge in [-0.2, -0.15) is 0 Å². The van der Waals surface area contributed by atoms with Crippen LogP contribution in [0.4, 0.5) is 10.5 Å². The van der Waals surface area contributed by atoms with Gasteiger partial charge in [-0.3, -0.25) is 9.88 Å². The number of fused-ring (bicyclic) bond motifs is 1. The summed E-state index contributed by atoms with van der Waals surface area (Å²) in [5, 5.41) is 9.23. The second-order valence-electron chi connectivity index (χ2n) is 5.49. The Morgan fingerprint density at radius 3 is 2.62 bits per heavy atom. The number of H-pyrrole nitrogens is 1. The molecule has 0 spiro atoms. The predicted octanol–water partition coefficient (Wildman–Crippen LogP) is 1.70. The third-order valence-electron chi connectivity index (χ3n) is 3.91. The summed E-state index contributed by atoms with van der Waals surface area (Å²) in [4.78, 5) is 28.6. The summed E-state index contributed by atoms with van der Waals surface area (Å²) in [5.41, 5.74) is 2.10. The van der Waals surface area contributed by atoms with E-state index in [-0.39, 0.29) is 12.1 Å². The third kappa shape index (κ3) is 2.35. The fourth-order valence-corrected chi connectivity index (χ4v) is 3.04. The number of hydrogen-bond donors (Lipinski definition) is 2. The number of oxazole rings is 1. The van der Waals surface area contributed by atoms with Crippen LogP contribution in [0.15, 0.2) is 27.4 Å². The van der Waals surface area contributed by atoms with E-state index in [1.54, 1.807) is 6.07 Å². The van der Waals surface area contributed by atoms with Crippen LogP contribution < -0.4 is 10.7 Å². The van der Waals surface area contributed by atoms with Crippen LogP contribution in [0, 0.1) is 0 Å². The number of aromatic nitrogens is 1. The van der Waals surface area contributed by atoms with Crippen LogP contribution in [0.5, 0.6) is 0 Å². The minimum atomic E-state index is -0.887. The highest BCUT2D eigenvalue weighted by molar-refractivity contribution is 5.77. The number of rotatable bonds is 1. The lowest BCUT2D eigenvalue weighted by atomic mass is 10.1. The molecule has 21 heavy (non-hydrogen) atoms. The van der Waals surface area contributed by atoms with Gasteiger partial charge in [0.2, 0.25) is 0 Å². The van der Waals surface area contributed by atoms with Crippen molar-refractivity contribution in [2.24, 2.45) is 0 Å². The van der Waals surface area contributed by atoms with Gasteiger partial charge < -0.3 is 14.4 Å².